The van der Waals surface area contributed by atoms with E-state index in [1.165, 1.54) is 6.07 Å². The fourth-order valence-corrected chi connectivity index (χ4v) is 2.82. The Morgan fingerprint density at radius 1 is 1.41 bits per heavy atom. The standard InChI is InChI=1S/C12H10ClFN2S/c13-8-5-7(1-2-9(8)14)10-6-17-11(16-10)12(15)3-4-12/h1-2,5-6H,3-4,15H2. The topological polar surface area (TPSA) is 38.9 Å². The van der Waals surface area contributed by atoms with Gasteiger partial charge < -0.3 is 5.73 Å². The minimum Gasteiger partial charge on any atom is -0.319 e. The average molecular weight is 269 g/mol. The second-order valence-electron chi connectivity index (χ2n) is 4.32. The Kier molecular flexibility index (Phi) is 2.47. The molecule has 88 valence electrons. The van der Waals surface area contributed by atoms with Gasteiger partial charge in [-0.05, 0) is 31.0 Å². The van der Waals surface area contributed by atoms with Crippen molar-refractivity contribution in [3.05, 3.63) is 39.4 Å². The van der Waals surface area contributed by atoms with Crippen molar-refractivity contribution in [3.63, 3.8) is 0 Å². The van der Waals surface area contributed by atoms with E-state index < -0.39 is 5.82 Å². The van der Waals surface area contributed by atoms with E-state index in [4.69, 9.17) is 17.3 Å². The summed E-state index contributed by atoms with van der Waals surface area (Å²) in [7, 11) is 0. The molecule has 1 aliphatic carbocycles. The molecular weight excluding hydrogens is 259 g/mol. The number of hydrogen-bond acceptors (Lipinski definition) is 3. The summed E-state index contributed by atoms with van der Waals surface area (Å²) in [4.78, 5) is 4.50. The zero-order chi connectivity index (χ0) is 12.0. The third-order valence-corrected chi connectivity index (χ3v) is 4.29. The third-order valence-electron chi connectivity index (χ3n) is 2.93. The van der Waals surface area contributed by atoms with Crippen LogP contribution in [0.4, 0.5) is 4.39 Å². The Hall–Kier alpha value is -0.970. The normalized spacial score (nSPS) is 17.1. The maximum atomic E-state index is 13.0. The molecule has 0 unspecified atom stereocenters. The van der Waals surface area contributed by atoms with Crippen LogP contribution in [0.25, 0.3) is 11.3 Å². The van der Waals surface area contributed by atoms with Crippen LogP contribution in [0.5, 0.6) is 0 Å². The summed E-state index contributed by atoms with van der Waals surface area (Å²) < 4.78 is 13.0. The van der Waals surface area contributed by atoms with E-state index in [0.29, 0.717) is 0 Å². The Bertz CT molecular complexity index is 578. The number of nitrogens with zero attached hydrogens (tertiary/aromatic N) is 1. The van der Waals surface area contributed by atoms with E-state index >= 15 is 0 Å². The van der Waals surface area contributed by atoms with E-state index in [-0.39, 0.29) is 10.6 Å². The molecule has 1 saturated carbocycles. The highest BCUT2D eigenvalue weighted by Gasteiger charge is 2.42. The molecule has 2 N–H and O–H groups in total. The number of rotatable bonds is 2. The SMILES string of the molecule is NC1(c2nc(-c3ccc(F)c(Cl)c3)cs2)CC1. The van der Waals surface area contributed by atoms with Gasteiger partial charge >= 0.3 is 0 Å². The number of aromatic nitrogens is 1. The highest BCUT2D eigenvalue weighted by Crippen LogP contribution is 2.44. The van der Waals surface area contributed by atoms with Gasteiger partial charge in [-0.2, -0.15) is 0 Å². The molecule has 17 heavy (non-hydrogen) atoms. The van der Waals surface area contributed by atoms with Crippen molar-refractivity contribution in [1.82, 2.24) is 4.98 Å². The molecule has 1 aromatic heterocycles. The molecule has 1 aromatic carbocycles. The molecular formula is C12H10ClFN2S. The highest BCUT2D eigenvalue weighted by molar-refractivity contribution is 7.10. The number of benzene rings is 1. The molecule has 1 heterocycles. The van der Waals surface area contributed by atoms with Gasteiger partial charge in [0.25, 0.3) is 0 Å². The smallest absolute Gasteiger partial charge is 0.141 e. The van der Waals surface area contributed by atoms with E-state index in [0.717, 1.165) is 29.1 Å². The zero-order valence-electron chi connectivity index (χ0n) is 8.91. The van der Waals surface area contributed by atoms with Crippen LogP contribution in [0, 0.1) is 5.82 Å². The molecule has 0 amide bonds. The fourth-order valence-electron chi connectivity index (χ4n) is 1.64. The molecule has 0 atom stereocenters. The van der Waals surface area contributed by atoms with Crippen LogP contribution in [0.2, 0.25) is 5.02 Å². The van der Waals surface area contributed by atoms with E-state index in [1.807, 2.05) is 5.38 Å². The lowest BCUT2D eigenvalue weighted by Crippen LogP contribution is -2.18. The number of hydrogen-bond donors (Lipinski definition) is 1. The van der Waals surface area contributed by atoms with Crippen molar-refractivity contribution >= 4 is 22.9 Å². The number of thiazole rings is 1. The minimum atomic E-state index is -0.414. The number of nitrogens with two attached hydrogens (primary N) is 1. The van der Waals surface area contributed by atoms with Crippen LogP contribution in [-0.4, -0.2) is 4.98 Å². The average Bonchev–Trinajstić information content (AvgIpc) is 2.88. The van der Waals surface area contributed by atoms with E-state index in [9.17, 15) is 4.39 Å². The first-order valence-corrected chi connectivity index (χ1v) is 6.55. The first kappa shape index (κ1) is 11.1. The lowest BCUT2D eigenvalue weighted by Gasteiger charge is -2.02. The van der Waals surface area contributed by atoms with Crippen LogP contribution in [0.15, 0.2) is 23.6 Å². The van der Waals surface area contributed by atoms with Crippen molar-refractivity contribution in [1.29, 1.82) is 0 Å². The second kappa shape index (κ2) is 3.77. The molecule has 2 nitrogen and oxygen atoms in total. The largest absolute Gasteiger partial charge is 0.319 e. The summed E-state index contributed by atoms with van der Waals surface area (Å²) in [6.07, 6.45) is 1.98. The molecule has 0 aliphatic heterocycles. The van der Waals surface area contributed by atoms with Crippen molar-refractivity contribution in [3.8, 4) is 11.3 Å². The minimum absolute atomic E-state index is 0.117. The summed E-state index contributed by atoms with van der Waals surface area (Å²) in [5.74, 6) is -0.414. The predicted molar refractivity (Wildman–Crippen MR) is 67.6 cm³/mol. The molecule has 0 spiro atoms. The van der Waals surface area contributed by atoms with Crippen LogP contribution < -0.4 is 5.73 Å². The van der Waals surface area contributed by atoms with Gasteiger partial charge in [-0.15, -0.1) is 11.3 Å². The predicted octanol–water partition coefficient (Wildman–Crippen LogP) is 3.55. The van der Waals surface area contributed by atoms with Gasteiger partial charge in [0.1, 0.15) is 10.8 Å². The van der Waals surface area contributed by atoms with Gasteiger partial charge in [-0.25, -0.2) is 9.37 Å². The first-order chi connectivity index (χ1) is 8.08. The van der Waals surface area contributed by atoms with Gasteiger partial charge in [-0.3, -0.25) is 0 Å². The lowest BCUT2D eigenvalue weighted by atomic mass is 10.2. The molecule has 1 aliphatic rings. The Balaban J connectivity index is 1.98. The maximum Gasteiger partial charge on any atom is 0.141 e. The summed E-state index contributed by atoms with van der Waals surface area (Å²) in [6.45, 7) is 0. The Morgan fingerprint density at radius 3 is 2.82 bits per heavy atom. The fraction of sp³-hybridized carbons (Fsp3) is 0.250. The monoisotopic (exact) mass is 268 g/mol. The quantitative estimate of drug-likeness (QED) is 0.905. The summed E-state index contributed by atoms with van der Waals surface area (Å²) in [5, 5.41) is 3.00. The third kappa shape index (κ3) is 1.97. The lowest BCUT2D eigenvalue weighted by molar-refractivity contribution is 0.628. The molecule has 1 fully saturated rings. The first-order valence-electron chi connectivity index (χ1n) is 5.29. The summed E-state index contributed by atoms with van der Waals surface area (Å²) >= 11 is 7.30. The maximum absolute atomic E-state index is 13.0. The molecule has 2 aromatic rings. The number of halogens is 2. The Labute approximate surface area is 107 Å². The molecule has 3 rings (SSSR count). The zero-order valence-corrected chi connectivity index (χ0v) is 10.5. The van der Waals surface area contributed by atoms with Crippen LogP contribution in [-0.2, 0) is 5.54 Å². The molecule has 0 bridgehead atoms. The van der Waals surface area contributed by atoms with Crippen molar-refractivity contribution in [2.24, 2.45) is 5.73 Å². The van der Waals surface area contributed by atoms with Crippen LogP contribution in [0.1, 0.15) is 17.8 Å². The summed E-state index contributed by atoms with van der Waals surface area (Å²) in [5.41, 5.74) is 7.49. The van der Waals surface area contributed by atoms with Gasteiger partial charge in [0.05, 0.1) is 16.3 Å². The van der Waals surface area contributed by atoms with Crippen molar-refractivity contribution in [2.45, 2.75) is 18.4 Å². The van der Waals surface area contributed by atoms with Gasteiger partial charge in [0.15, 0.2) is 0 Å². The van der Waals surface area contributed by atoms with Gasteiger partial charge in [0.2, 0.25) is 0 Å². The van der Waals surface area contributed by atoms with E-state index in [1.54, 1.807) is 23.5 Å². The Morgan fingerprint density at radius 2 is 2.18 bits per heavy atom. The molecule has 5 heteroatoms. The molecule has 0 radical (unpaired) electrons. The van der Waals surface area contributed by atoms with Gasteiger partial charge in [0, 0.05) is 10.9 Å². The van der Waals surface area contributed by atoms with E-state index in [2.05, 4.69) is 4.98 Å². The van der Waals surface area contributed by atoms with Crippen molar-refractivity contribution in [2.75, 3.05) is 0 Å². The summed E-state index contributed by atoms with van der Waals surface area (Å²) in [6, 6.07) is 4.62. The second-order valence-corrected chi connectivity index (χ2v) is 5.59. The van der Waals surface area contributed by atoms with Crippen molar-refractivity contribution < 1.29 is 4.39 Å². The van der Waals surface area contributed by atoms with Gasteiger partial charge in [-0.1, -0.05) is 11.6 Å². The van der Waals surface area contributed by atoms with Crippen LogP contribution >= 0.6 is 22.9 Å². The van der Waals surface area contributed by atoms with Crippen LogP contribution in [0.3, 0.4) is 0 Å². The highest BCUT2D eigenvalue weighted by atomic mass is 35.5. The molecule has 0 saturated heterocycles.